The van der Waals surface area contributed by atoms with Gasteiger partial charge in [0.15, 0.2) is 0 Å². The van der Waals surface area contributed by atoms with Crippen LogP contribution in [-0.4, -0.2) is 26.8 Å². The number of ether oxygens (including phenoxy) is 2. The Balaban J connectivity index is 2.88. The summed E-state index contributed by atoms with van der Waals surface area (Å²) in [4.78, 5) is 11.5. The number of benzene rings is 1. The van der Waals surface area contributed by atoms with Gasteiger partial charge in [-0.15, -0.1) is 0 Å². The zero-order chi connectivity index (χ0) is 13.5. The molecule has 2 amide bonds. The molecule has 1 atom stereocenters. The van der Waals surface area contributed by atoms with E-state index in [1.807, 2.05) is 32.0 Å². The Morgan fingerprint density at radius 2 is 2.06 bits per heavy atom. The van der Waals surface area contributed by atoms with Crippen LogP contribution in [0.3, 0.4) is 0 Å². The van der Waals surface area contributed by atoms with E-state index >= 15 is 0 Å². The highest BCUT2D eigenvalue weighted by Gasteiger charge is 2.14. The molecule has 0 saturated carbocycles. The van der Waals surface area contributed by atoms with Crippen LogP contribution in [0.5, 0.6) is 11.5 Å². The molecule has 0 aromatic heterocycles. The number of urea groups is 1. The standard InChI is InChI=1S/C13H20N2O3/c1-5-14-13(16)15-9(2)11-8-10(17-3)6-7-12(11)18-4/h6-9H,5H2,1-4H3,(H2,14,15,16). The monoisotopic (exact) mass is 252 g/mol. The van der Waals surface area contributed by atoms with Gasteiger partial charge in [-0.25, -0.2) is 4.79 Å². The smallest absolute Gasteiger partial charge is 0.315 e. The molecule has 0 radical (unpaired) electrons. The Labute approximate surface area is 107 Å². The predicted molar refractivity (Wildman–Crippen MR) is 70.2 cm³/mol. The minimum Gasteiger partial charge on any atom is -0.497 e. The Hall–Kier alpha value is -1.91. The second kappa shape index (κ2) is 6.74. The molecule has 0 aliphatic rings. The van der Waals surface area contributed by atoms with Crippen LogP contribution in [-0.2, 0) is 0 Å². The van der Waals surface area contributed by atoms with Crippen LogP contribution < -0.4 is 20.1 Å². The molecular formula is C13H20N2O3. The lowest BCUT2D eigenvalue weighted by Gasteiger charge is -2.18. The van der Waals surface area contributed by atoms with E-state index in [1.165, 1.54) is 0 Å². The first-order valence-electron chi connectivity index (χ1n) is 5.88. The fourth-order valence-corrected chi connectivity index (χ4v) is 1.66. The summed E-state index contributed by atoms with van der Waals surface area (Å²) in [5, 5.41) is 5.53. The summed E-state index contributed by atoms with van der Waals surface area (Å²) in [5.74, 6) is 1.45. The van der Waals surface area contributed by atoms with Crippen LogP contribution in [0.1, 0.15) is 25.5 Å². The number of methoxy groups -OCH3 is 2. The van der Waals surface area contributed by atoms with Crippen LogP contribution in [0, 0.1) is 0 Å². The van der Waals surface area contributed by atoms with Crippen molar-refractivity contribution in [3.05, 3.63) is 23.8 Å². The van der Waals surface area contributed by atoms with E-state index < -0.39 is 0 Å². The normalized spacial score (nSPS) is 11.6. The van der Waals surface area contributed by atoms with E-state index in [9.17, 15) is 4.79 Å². The van der Waals surface area contributed by atoms with Crippen molar-refractivity contribution < 1.29 is 14.3 Å². The fraction of sp³-hybridized carbons (Fsp3) is 0.462. The van der Waals surface area contributed by atoms with Crippen molar-refractivity contribution in [1.29, 1.82) is 0 Å². The molecule has 0 heterocycles. The number of rotatable bonds is 5. The molecule has 0 aliphatic heterocycles. The zero-order valence-corrected chi connectivity index (χ0v) is 11.2. The molecule has 0 spiro atoms. The van der Waals surface area contributed by atoms with E-state index in [2.05, 4.69) is 10.6 Å². The molecule has 1 rings (SSSR count). The van der Waals surface area contributed by atoms with Gasteiger partial charge in [0, 0.05) is 12.1 Å². The molecular weight excluding hydrogens is 232 g/mol. The summed E-state index contributed by atoms with van der Waals surface area (Å²) in [7, 11) is 3.21. The first-order chi connectivity index (χ1) is 8.62. The third-order valence-electron chi connectivity index (χ3n) is 2.59. The van der Waals surface area contributed by atoms with Crippen LogP contribution in [0.25, 0.3) is 0 Å². The number of hydrogen-bond donors (Lipinski definition) is 2. The summed E-state index contributed by atoms with van der Waals surface area (Å²) in [6, 6.07) is 5.14. The van der Waals surface area contributed by atoms with Crippen LogP contribution in [0.4, 0.5) is 4.79 Å². The van der Waals surface area contributed by atoms with E-state index in [0.29, 0.717) is 6.54 Å². The Morgan fingerprint density at radius 1 is 1.33 bits per heavy atom. The first kappa shape index (κ1) is 14.2. The van der Waals surface area contributed by atoms with Gasteiger partial charge in [-0.05, 0) is 32.0 Å². The Bertz CT molecular complexity index is 407. The molecule has 0 bridgehead atoms. The minimum absolute atomic E-state index is 0.165. The molecule has 5 nitrogen and oxygen atoms in total. The highest BCUT2D eigenvalue weighted by molar-refractivity contribution is 5.74. The maximum absolute atomic E-state index is 11.5. The molecule has 100 valence electrons. The van der Waals surface area contributed by atoms with Crippen molar-refractivity contribution >= 4 is 6.03 Å². The predicted octanol–water partition coefficient (Wildman–Crippen LogP) is 2.08. The van der Waals surface area contributed by atoms with Crippen molar-refractivity contribution in [2.45, 2.75) is 19.9 Å². The number of carbonyl (C=O) groups excluding carboxylic acids is 1. The highest BCUT2D eigenvalue weighted by Crippen LogP contribution is 2.29. The number of amides is 2. The third-order valence-corrected chi connectivity index (χ3v) is 2.59. The molecule has 0 aliphatic carbocycles. The van der Waals surface area contributed by atoms with Gasteiger partial charge in [0.05, 0.1) is 20.3 Å². The average molecular weight is 252 g/mol. The largest absolute Gasteiger partial charge is 0.497 e. The van der Waals surface area contributed by atoms with Gasteiger partial charge in [0.1, 0.15) is 11.5 Å². The lowest BCUT2D eigenvalue weighted by molar-refractivity contribution is 0.238. The van der Waals surface area contributed by atoms with Crippen molar-refractivity contribution in [3.8, 4) is 11.5 Å². The topological polar surface area (TPSA) is 59.6 Å². The Morgan fingerprint density at radius 3 is 2.61 bits per heavy atom. The summed E-state index contributed by atoms with van der Waals surface area (Å²) < 4.78 is 10.5. The van der Waals surface area contributed by atoms with Crippen LogP contribution in [0.2, 0.25) is 0 Å². The summed E-state index contributed by atoms with van der Waals surface area (Å²) in [5.41, 5.74) is 0.878. The first-order valence-corrected chi connectivity index (χ1v) is 5.88. The average Bonchev–Trinajstić information content (AvgIpc) is 2.38. The van der Waals surface area contributed by atoms with Crippen molar-refractivity contribution in [3.63, 3.8) is 0 Å². The molecule has 1 unspecified atom stereocenters. The van der Waals surface area contributed by atoms with Gasteiger partial charge in [-0.3, -0.25) is 0 Å². The molecule has 18 heavy (non-hydrogen) atoms. The fourth-order valence-electron chi connectivity index (χ4n) is 1.66. The summed E-state index contributed by atoms with van der Waals surface area (Å²) >= 11 is 0. The number of carbonyl (C=O) groups is 1. The van der Waals surface area contributed by atoms with Gasteiger partial charge in [0.25, 0.3) is 0 Å². The molecule has 1 aromatic rings. The van der Waals surface area contributed by atoms with E-state index in [4.69, 9.17) is 9.47 Å². The van der Waals surface area contributed by atoms with Gasteiger partial charge in [-0.2, -0.15) is 0 Å². The lowest BCUT2D eigenvalue weighted by Crippen LogP contribution is -2.36. The highest BCUT2D eigenvalue weighted by atomic mass is 16.5. The number of nitrogens with one attached hydrogen (secondary N) is 2. The molecule has 5 heteroatoms. The minimum atomic E-state index is -0.199. The van der Waals surface area contributed by atoms with Crippen molar-refractivity contribution in [2.75, 3.05) is 20.8 Å². The van der Waals surface area contributed by atoms with E-state index in [0.717, 1.165) is 17.1 Å². The van der Waals surface area contributed by atoms with Crippen LogP contribution in [0.15, 0.2) is 18.2 Å². The molecule has 0 saturated heterocycles. The quantitative estimate of drug-likeness (QED) is 0.843. The van der Waals surface area contributed by atoms with E-state index in [1.54, 1.807) is 14.2 Å². The summed E-state index contributed by atoms with van der Waals surface area (Å²) in [6.45, 7) is 4.36. The van der Waals surface area contributed by atoms with Gasteiger partial charge >= 0.3 is 6.03 Å². The maximum atomic E-state index is 11.5. The Kier molecular flexibility index (Phi) is 5.30. The zero-order valence-electron chi connectivity index (χ0n) is 11.2. The number of hydrogen-bond acceptors (Lipinski definition) is 3. The SMILES string of the molecule is CCNC(=O)NC(C)c1cc(OC)ccc1OC. The molecule has 1 aromatic carbocycles. The third kappa shape index (κ3) is 3.55. The van der Waals surface area contributed by atoms with Gasteiger partial charge in [0.2, 0.25) is 0 Å². The second-order valence-electron chi connectivity index (χ2n) is 3.83. The van der Waals surface area contributed by atoms with Gasteiger partial charge < -0.3 is 20.1 Å². The maximum Gasteiger partial charge on any atom is 0.315 e. The van der Waals surface area contributed by atoms with E-state index in [-0.39, 0.29) is 12.1 Å². The second-order valence-corrected chi connectivity index (χ2v) is 3.83. The van der Waals surface area contributed by atoms with Crippen molar-refractivity contribution in [1.82, 2.24) is 10.6 Å². The summed E-state index contributed by atoms with van der Waals surface area (Å²) in [6.07, 6.45) is 0. The molecule has 0 fully saturated rings. The molecule has 2 N–H and O–H groups in total. The lowest BCUT2D eigenvalue weighted by atomic mass is 10.1. The van der Waals surface area contributed by atoms with Crippen LogP contribution >= 0.6 is 0 Å². The van der Waals surface area contributed by atoms with Gasteiger partial charge in [-0.1, -0.05) is 0 Å². The van der Waals surface area contributed by atoms with Crippen molar-refractivity contribution in [2.24, 2.45) is 0 Å².